The van der Waals surface area contributed by atoms with Gasteiger partial charge in [-0.25, -0.2) is 0 Å². The van der Waals surface area contributed by atoms with Crippen LogP contribution in [0.1, 0.15) is 6.92 Å². The highest BCUT2D eigenvalue weighted by atomic mass is 35.5. The summed E-state index contributed by atoms with van der Waals surface area (Å²) >= 11 is 7.49. The zero-order chi connectivity index (χ0) is 9.84. The van der Waals surface area contributed by atoms with Gasteiger partial charge in [0, 0.05) is 27.4 Å². The van der Waals surface area contributed by atoms with Crippen LogP contribution < -0.4 is 11.5 Å². The Balaban J connectivity index is 2.81. The molecule has 1 atom stereocenters. The smallest absolute Gasteiger partial charge is 0.0453 e. The molecule has 0 saturated heterocycles. The zero-order valence-electron chi connectivity index (χ0n) is 7.46. The molecular formula is C9H13ClN2S. The van der Waals surface area contributed by atoms with Crippen molar-refractivity contribution in [3.8, 4) is 0 Å². The predicted molar refractivity (Wildman–Crippen MR) is 60.2 cm³/mol. The van der Waals surface area contributed by atoms with E-state index in [0.29, 0.717) is 16.8 Å². The SMILES string of the molecule is CC(CN)Sc1cc(Cl)ccc1N. The van der Waals surface area contributed by atoms with Crippen molar-refractivity contribution in [2.24, 2.45) is 5.73 Å². The van der Waals surface area contributed by atoms with Crippen molar-refractivity contribution < 1.29 is 0 Å². The summed E-state index contributed by atoms with van der Waals surface area (Å²) in [5.41, 5.74) is 12.0. The first-order valence-electron chi connectivity index (χ1n) is 4.05. The van der Waals surface area contributed by atoms with Gasteiger partial charge in [-0.2, -0.15) is 0 Å². The van der Waals surface area contributed by atoms with Crippen LogP contribution in [0.4, 0.5) is 5.69 Å². The molecule has 0 radical (unpaired) electrons. The molecule has 0 aromatic heterocycles. The maximum absolute atomic E-state index is 5.84. The minimum Gasteiger partial charge on any atom is -0.398 e. The maximum atomic E-state index is 5.84. The lowest BCUT2D eigenvalue weighted by Gasteiger charge is -2.10. The molecule has 0 heterocycles. The topological polar surface area (TPSA) is 52.0 Å². The Kier molecular flexibility index (Phi) is 3.90. The van der Waals surface area contributed by atoms with Crippen molar-refractivity contribution in [2.45, 2.75) is 17.1 Å². The quantitative estimate of drug-likeness (QED) is 0.603. The van der Waals surface area contributed by atoms with E-state index in [1.807, 2.05) is 12.1 Å². The molecule has 0 spiro atoms. The number of benzene rings is 1. The predicted octanol–water partition coefficient (Wildman–Crippen LogP) is 2.36. The van der Waals surface area contributed by atoms with Gasteiger partial charge in [-0.05, 0) is 18.2 Å². The van der Waals surface area contributed by atoms with E-state index >= 15 is 0 Å². The maximum Gasteiger partial charge on any atom is 0.0453 e. The highest BCUT2D eigenvalue weighted by Gasteiger charge is 2.05. The second-order valence-electron chi connectivity index (χ2n) is 2.85. The molecule has 1 aromatic carbocycles. The van der Waals surface area contributed by atoms with Gasteiger partial charge < -0.3 is 11.5 Å². The molecule has 1 unspecified atom stereocenters. The number of rotatable bonds is 3. The van der Waals surface area contributed by atoms with E-state index in [1.165, 1.54) is 0 Å². The molecule has 4 N–H and O–H groups in total. The minimum atomic E-state index is 0.362. The van der Waals surface area contributed by atoms with Gasteiger partial charge in [-0.3, -0.25) is 0 Å². The largest absolute Gasteiger partial charge is 0.398 e. The Morgan fingerprint density at radius 2 is 2.23 bits per heavy atom. The summed E-state index contributed by atoms with van der Waals surface area (Å²) < 4.78 is 0. The van der Waals surface area contributed by atoms with E-state index < -0.39 is 0 Å². The molecule has 4 heteroatoms. The Bertz CT molecular complexity index is 291. The average Bonchev–Trinajstić information content (AvgIpc) is 2.11. The van der Waals surface area contributed by atoms with Crippen LogP contribution in [-0.4, -0.2) is 11.8 Å². The fourth-order valence-corrected chi connectivity index (χ4v) is 2.04. The summed E-state index contributed by atoms with van der Waals surface area (Å²) in [5, 5.41) is 1.07. The first kappa shape index (κ1) is 10.7. The van der Waals surface area contributed by atoms with Gasteiger partial charge in [0.15, 0.2) is 0 Å². The van der Waals surface area contributed by atoms with E-state index in [-0.39, 0.29) is 0 Å². The summed E-state index contributed by atoms with van der Waals surface area (Å²) in [6, 6.07) is 5.47. The summed E-state index contributed by atoms with van der Waals surface area (Å²) in [6.45, 7) is 2.70. The van der Waals surface area contributed by atoms with E-state index in [0.717, 1.165) is 10.6 Å². The standard InChI is InChI=1S/C9H13ClN2S/c1-6(5-11)13-9-4-7(10)2-3-8(9)12/h2-4,6H,5,11-12H2,1H3. The molecule has 1 aromatic rings. The van der Waals surface area contributed by atoms with E-state index in [1.54, 1.807) is 17.8 Å². The fourth-order valence-electron chi connectivity index (χ4n) is 0.875. The second kappa shape index (κ2) is 4.74. The molecule has 72 valence electrons. The Labute approximate surface area is 87.6 Å². The minimum absolute atomic E-state index is 0.362. The van der Waals surface area contributed by atoms with E-state index in [2.05, 4.69) is 6.92 Å². The Hall–Kier alpha value is -0.380. The molecule has 0 aliphatic carbocycles. The third kappa shape index (κ3) is 3.10. The lowest BCUT2D eigenvalue weighted by atomic mass is 10.3. The van der Waals surface area contributed by atoms with Crippen LogP contribution in [-0.2, 0) is 0 Å². The molecule has 1 rings (SSSR count). The van der Waals surface area contributed by atoms with E-state index in [4.69, 9.17) is 23.1 Å². The number of nitrogens with two attached hydrogens (primary N) is 2. The van der Waals surface area contributed by atoms with Crippen LogP contribution in [0.5, 0.6) is 0 Å². The van der Waals surface area contributed by atoms with Crippen molar-refractivity contribution in [1.82, 2.24) is 0 Å². The molecular weight excluding hydrogens is 204 g/mol. The van der Waals surface area contributed by atoms with Gasteiger partial charge in [0.25, 0.3) is 0 Å². The summed E-state index contributed by atoms with van der Waals surface area (Å²) in [5.74, 6) is 0. The lowest BCUT2D eigenvalue weighted by Crippen LogP contribution is -2.12. The molecule has 0 fully saturated rings. The van der Waals surface area contributed by atoms with Crippen LogP contribution in [0, 0.1) is 0 Å². The third-order valence-electron chi connectivity index (χ3n) is 1.64. The zero-order valence-corrected chi connectivity index (χ0v) is 9.03. The van der Waals surface area contributed by atoms with Crippen LogP contribution >= 0.6 is 23.4 Å². The molecule has 0 amide bonds. The highest BCUT2D eigenvalue weighted by molar-refractivity contribution is 8.00. The van der Waals surface area contributed by atoms with Gasteiger partial charge >= 0.3 is 0 Å². The van der Waals surface area contributed by atoms with Crippen molar-refractivity contribution in [3.63, 3.8) is 0 Å². The number of anilines is 1. The van der Waals surface area contributed by atoms with Crippen molar-refractivity contribution in [1.29, 1.82) is 0 Å². The number of thioether (sulfide) groups is 1. The average molecular weight is 217 g/mol. The van der Waals surface area contributed by atoms with Crippen molar-refractivity contribution in [3.05, 3.63) is 23.2 Å². The summed E-state index contributed by atoms with van der Waals surface area (Å²) in [7, 11) is 0. The summed E-state index contributed by atoms with van der Waals surface area (Å²) in [4.78, 5) is 1.01. The Morgan fingerprint density at radius 1 is 1.54 bits per heavy atom. The van der Waals surface area contributed by atoms with Crippen LogP contribution in [0.25, 0.3) is 0 Å². The van der Waals surface area contributed by atoms with Crippen LogP contribution in [0.15, 0.2) is 23.1 Å². The second-order valence-corrected chi connectivity index (χ2v) is 4.76. The highest BCUT2D eigenvalue weighted by Crippen LogP contribution is 2.30. The van der Waals surface area contributed by atoms with Crippen LogP contribution in [0.2, 0.25) is 5.02 Å². The number of hydrogen-bond donors (Lipinski definition) is 2. The van der Waals surface area contributed by atoms with Gasteiger partial charge in [0.1, 0.15) is 0 Å². The third-order valence-corrected chi connectivity index (χ3v) is 3.07. The van der Waals surface area contributed by atoms with Crippen molar-refractivity contribution >= 4 is 29.1 Å². The fraction of sp³-hybridized carbons (Fsp3) is 0.333. The lowest BCUT2D eigenvalue weighted by molar-refractivity contribution is 0.951. The summed E-state index contributed by atoms with van der Waals surface area (Å²) in [6.07, 6.45) is 0. The number of hydrogen-bond acceptors (Lipinski definition) is 3. The van der Waals surface area contributed by atoms with Gasteiger partial charge in [-0.15, -0.1) is 11.8 Å². The van der Waals surface area contributed by atoms with Crippen LogP contribution in [0.3, 0.4) is 0 Å². The monoisotopic (exact) mass is 216 g/mol. The van der Waals surface area contributed by atoms with Crippen molar-refractivity contribution in [2.75, 3.05) is 12.3 Å². The molecule has 0 aliphatic rings. The molecule has 0 saturated carbocycles. The molecule has 0 bridgehead atoms. The number of nitrogen functional groups attached to an aromatic ring is 1. The van der Waals surface area contributed by atoms with Gasteiger partial charge in [0.2, 0.25) is 0 Å². The number of halogens is 1. The molecule has 13 heavy (non-hydrogen) atoms. The first-order valence-corrected chi connectivity index (χ1v) is 5.31. The molecule has 2 nitrogen and oxygen atoms in total. The first-order chi connectivity index (χ1) is 6.13. The van der Waals surface area contributed by atoms with Gasteiger partial charge in [0.05, 0.1) is 0 Å². The van der Waals surface area contributed by atoms with E-state index in [9.17, 15) is 0 Å². The normalized spacial score (nSPS) is 12.8. The molecule has 0 aliphatic heterocycles. The Morgan fingerprint density at radius 3 is 2.85 bits per heavy atom. The van der Waals surface area contributed by atoms with Gasteiger partial charge in [-0.1, -0.05) is 18.5 Å².